The molecule has 0 aromatic heterocycles. The van der Waals surface area contributed by atoms with E-state index in [9.17, 15) is 0 Å². The van der Waals surface area contributed by atoms with Gasteiger partial charge in [0.05, 0.1) is 12.5 Å². The van der Waals surface area contributed by atoms with Crippen LogP contribution in [0.3, 0.4) is 0 Å². The minimum absolute atomic E-state index is 0.165. The van der Waals surface area contributed by atoms with E-state index in [4.69, 9.17) is 16.3 Å². The molecule has 1 nitrogen and oxygen atoms in total. The lowest BCUT2D eigenvalue weighted by atomic mass is 10.0. The minimum atomic E-state index is 0.165. The van der Waals surface area contributed by atoms with Gasteiger partial charge in [0.2, 0.25) is 0 Å². The van der Waals surface area contributed by atoms with Crippen molar-refractivity contribution >= 4 is 11.6 Å². The lowest BCUT2D eigenvalue weighted by Crippen LogP contribution is -1.98. The second-order valence-electron chi connectivity index (χ2n) is 4.97. The molecule has 0 spiro atoms. The van der Waals surface area contributed by atoms with Crippen LogP contribution in [0.1, 0.15) is 35.4 Å². The molecule has 1 aromatic rings. The lowest BCUT2D eigenvalue weighted by Gasteiger charge is -2.14. The van der Waals surface area contributed by atoms with Crippen LogP contribution >= 0.6 is 11.6 Å². The van der Waals surface area contributed by atoms with E-state index in [0.717, 1.165) is 11.7 Å². The second-order valence-corrected chi connectivity index (χ2v) is 5.44. The normalized spacial score (nSPS) is 25.3. The SMILES string of the molecule is COc1c(C)cc(C(Cl)C2CC2C)cc1C. The third-order valence-electron chi connectivity index (χ3n) is 3.55. The molecule has 3 unspecified atom stereocenters. The average molecular weight is 239 g/mol. The molecule has 1 fully saturated rings. The molecule has 1 saturated carbocycles. The van der Waals surface area contributed by atoms with Crippen LogP contribution in [0.25, 0.3) is 0 Å². The highest BCUT2D eigenvalue weighted by atomic mass is 35.5. The lowest BCUT2D eigenvalue weighted by molar-refractivity contribution is 0.408. The fourth-order valence-corrected chi connectivity index (χ4v) is 2.95. The van der Waals surface area contributed by atoms with Crippen LogP contribution in [0.4, 0.5) is 0 Å². The number of hydrogen-bond acceptors (Lipinski definition) is 1. The largest absolute Gasteiger partial charge is 0.496 e. The highest BCUT2D eigenvalue weighted by molar-refractivity contribution is 6.21. The topological polar surface area (TPSA) is 9.23 Å². The van der Waals surface area contributed by atoms with Gasteiger partial charge in [-0.3, -0.25) is 0 Å². The molecule has 2 rings (SSSR count). The summed E-state index contributed by atoms with van der Waals surface area (Å²) in [7, 11) is 1.72. The maximum Gasteiger partial charge on any atom is 0.124 e. The molecule has 88 valence electrons. The second kappa shape index (κ2) is 4.29. The van der Waals surface area contributed by atoms with E-state index < -0.39 is 0 Å². The third-order valence-corrected chi connectivity index (χ3v) is 4.13. The van der Waals surface area contributed by atoms with Gasteiger partial charge in [-0.1, -0.05) is 19.1 Å². The van der Waals surface area contributed by atoms with Crippen molar-refractivity contribution in [2.75, 3.05) is 7.11 Å². The zero-order chi connectivity index (χ0) is 11.9. The zero-order valence-electron chi connectivity index (χ0n) is 10.4. The van der Waals surface area contributed by atoms with Gasteiger partial charge in [-0.25, -0.2) is 0 Å². The van der Waals surface area contributed by atoms with Crippen molar-refractivity contribution in [1.82, 2.24) is 0 Å². The maximum absolute atomic E-state index is 6.50. The summed E-state index contributed by atoms with van der Waals surface area (Å²) in [5.74, 6) is 2.43. The van der Waals surface area contributed by atoms with E-state index in [0.29, 0.717) is 5.92 Å². The Labute approximate surface area is 103 Å². The summed E-state index contributed by atoms with van der Waals surface area (Å²) in [5.41, 5.74) is 3.60. The van der Waals surface area contributed by atoms with Gasteiger partial charge < -0.3 is 4.74 Å². The molecule has 0 saturated heterocycles. The highest BCUT2D eigenvalue weighted by Gasteiger charge is 2.39. The smallest absolute Gasteiger partial charge is 0.124 e. The number of halogens is 1. The summed E-state index contributed by atoms with van der Waals surface area (Å²) >= 11 is 6.50. The van der Waals surface area contributed by atoms with Crippen LogP contribution in [-0.4, -0.2) is 7.11 Å². The van der Waals surface area contributed by atoms with Gasteiger partial charge in [0.25, 0.3) is 0 Å². The summed E-state index contributed by atoms with van der Waals surface area (Å²) in [6, 6.07) is 4.32. The van der Waals surface area contributed by atoms with Crippen molar-refractivity contribution in [2.24, 2.45) is 11.8 Å². The molecular formula is C14H19ClO. The quantitative estimate of drug-likeness (QED) is 0.716. The number of benzene rings is 1. The Morgan fingerprint density at radius 3 is 2.19 bits per heavy atom. The van der Waals surface area contributed by atoms with E-state index in [-0.39, 0.29) is 5.38 Å². The molecule has 1 aliphatic rings. The number of aryl methyl sites for hydroxylation is 2. The number of alkyl halides is 1. The van der Waals surface area contributed by atoms with Crippen LogP contribution in [-0.2, 0) is 0 Å². The fourth-order valence-electron chi connectivity index (χ4n) is 2.47. The molecule has 2 heteroatoms. The van der Waals surface area contributed by atoms with Gasteiger partial charge in [0.1, 0.15) is 5.75 Å². The summed E-state index contributed by atoms with van der Waals surface area (Å²) < 4.78 is 5.36. The first-order valence-electron chi connectivity index (χ1n) is 5.83. The van der Waals surface area contributed by atoms with Gasteiger partial charge in [-0.05, 0) is 48.8 Å². The molecule has 16 heavy (non-hydrogen) atoms. The Kier molecular flexibility index (Phi) is 3.16. The number of ether oxygens (including phenoxy) is 1. The van der Waals surface area contributed by atoms with Crippen LogP contribution in [0.5, 0.6) is 5.75 Å². The van der Waals surface area contributed by atoms with Crippen molar-refractivity contribution in [2.45, 2.75) is 32.6 Å². The molecule has 0 radical (unpaired) electrons. The van der Waals surface area contributed by atoms with Crippen molar-refractivity contribution in [1.29, 1.82) is 0 Å². The van der Waals surface area contributed by atoms with E-state index in [1.165, 1.54) is 23.1 Å². The summed E-state index contributed by atoms with van der Waals surface area (Å²) in [6.07, 6.45) is 1.26. The number of methoxy groups -OCH3 is 1. The molecule has 0 heterocycles. The van der Waals surface area contributed by atoms with E-state index >= 15 is 0 Å². The molecule has 3 atom stereocenters. The third kappa shape index (κ3) is 2.06. The van der Waals surface area contributed by atoms with E-state index in [2.05, 4.69) is 32.9 Å². The van der Waals surface area contributed by atoms with Crippen LogP contribution < -0.4 is 4.74 Å². The van der Waals surface area contributed by atoms with Crippen LogP contribution in [0, 0.1) is 25.7 Å². The molecule has 1 aromatic carbocycles. The summed E-state index contributed by atoms with van der Waals surface area (Å²) in [6.45, 7) is 6.42. The standard InChI is InChI=1S/C14H19ClO/c1-8-7-12(8)13(15)11-5-9(2)14(16-4)10(3)6-11/h5-6,8,12-13H,7H2,1-4H3. The van der Waals surface area contributed by atoms with Crippen LogP contribution in [0.15, 0.2) is 12.1 Å². The highest BCUT2D eigenvalue weighted by Crippen LogP contribution is 2.50. The van der Waals surface area contributed by atoms with Gasteiger partial charge in [-0.15, -0.1) is 11.6 Å². The molecule has 0 bridgehead atoms. The first kappa shape index (κ1) is 11.8. The van der Waals surface area contributed by atoms with Crippen molar-refractivity contribution in [3.8, 4) is 5.75 Å². The average Bonchev–Trinajstić information content (AvgIpc) is 2.94. The van der Waals surface area contributed by atoms with E-state index in [1.807, 2.05) is 0 Å². The maximum atomic E-state index is 6.50. The molecule has 0 aliphatic heterocycles. The van der Waals surface area contributed by atoms with Crippen molar-refractivity contribution in [3.63, 3.8) is 0 Å². The van der Waals surface area contributed by atoms with Gasteiger partial charge in [0.15, 0.2) is 0 Å². The Morgan fingerprint density at radius 2 is 1.81 bits per heavy atom. The minimum Gasteiger partial charge on any atom is -0.496 e. The number of rotatable bonds is 3. The summed E-state index contributed by atoms with van der Waals surface area (Å²) in [5, 5.41) is 0.165. The van der Waals surface area contributed by atoms with E-state index in [1.54, 1.807) is 7.11 Å². The predicted octanol–water partition coefficient (Wildman–Crippen LogP) is 4.25. The monoisotopic (exact) mass is 238 g/mol. The first-order valence-corrected chi connectivity index (χ1v) is 6.27. The van der Waals surface area contributed by atoms with Crippen molar-refractivity contribution in [3.05, 3.63) is 28.8 Å². The van der Waals surface area contributed by atoms with Gasteiger partial charge in [0, 0.05) is 0 Å². The molecule has 1 aliphatic carbocycles. The zero-order valence-corrected chi connectivity index (χ0v) is 11.1. The van der Waals surface area contributed by atoms with Crippen LogP contribution in [0.2, 0.25) is 0 Å². The molecule has 0 N–H and O–H groups in total. The molecule has 0 amide bonds. The fraction of sp³-hybridized carbons (Fsp3) is 0.571. The molecular weight excluding hydrogens is 220 g/mol. The summed E-state index contributed by atoms with van der Waals surface area (Å²) in [4.78, 5) is 0. The van der Waals surface area contributed by atoms with Gasteiger partial charge >= 0.3 is 0 Å². The Bertz CT molecular complexity index is 377. The van der Waals surface area contributed by atoms with Crippen molar-refractivity contribution < 1.29 is 4.74 Å². The Hall–Kier alpha value is -0.690. The first-order chi connectivity index (χ1) is 7.54. The Balaban J connectivity index is 2.29. The Morgan fingerprint density at radius 1 is 1.31 bits per heavy atom. The van der Waals surface area contributed by atoms with Gasteiger partial charge in [-0.2, -0.15) is 0 Å². The number of hydrogen-bond donors (Lipinski definition) is 0. The predicted molar refractivity (Wildman–Crippen MR) is 68.3 cm³/mol.